The molecule has 0 aliphatic carbocycles. The van der Waals surface area contributed by atoms with E-state index >= 15 is 0 Å². The first-order chi connectivity index (χ1) is 6.21. The standard InChI is InChI=1S/C13H22N/c1-13(2,3)11-7-9-12(10-8-11)14(4,5)6/h7-10H,1-6H3/q+1. The minimum atomic E-state index is 0.253. The monoisotopic (exact) mass is 192 g/mol. The number of benzene rings is 1. The summed E-state index contributed by atoms with van der Waals surface area (Å²) >= 11 is 0. The first kappa shape index (κ1) is 11.3. The smallest absolute Gasteiger partial charge is 0.132 e. The molecule has 1 aromatic carbocycles. The van der Waals surface area contributed by atoms with Crippen molar-refractivity contribution in [1.82, 2.24) is 4.48 Å². The van der Waals surface area contributed by atoms with Crippen molar-refractivity contribution >= 4 is 5.69 Å². The van der Waals surface area contributed by atoms with Gasteiger partial charge in [0.2, 0.25) is 0 Å². The fraction of sp³-hybridized carbons (Fsp3) is 0.538. The van der Waals surface area contributed by atoms with Crippen LogP contribution in [-0.4, -0.2) is 21.1 Å². The van der Waals surface area contributed by atoms with Gasteiger partial charge in [-0.15, -0.1) is 0 Å². The van der Waals surface area contributed by atoms with Gasteiger partial charge in [0.05, 0.1) is 21.1 Å². The number of rotatable bonds is 1. The average Bonchev–Trinajstić information content (AvgIpc) is 2.01. The van der Waals surface area contributed by atoms with Crippen LogP contribution in [-0.2, 0) is 5.41 Å². The lowest BCUT2D eigenvalue weighted by Crippen LogP contribution is -2.34. The van der Waals surface area contributed by atoms with Crippen LogP contribution < -0.4 is 4.48 Å². The molecule has 0 bridgehead atoms. The van der Waals surface area contributed by atoms with Crippen LogP contribution in [0.4, 0.5) is 5.69 Å². The van der Waals surface area contributed by atoms with Gasteiger partial charge in [0.1, 0.15) is 5.69 Å². The van der Waals surface area contributed by atoms with Gasteiger partial charge in [-0.05, 0) is 23.1 Å². The highest BCUT2D eigenvalue weighted by atomic mass is 15.3. The molecule has 0 aliphatic heterocycles. The molecule has 0 aliphatic rings. The highest BCUT2D eigenvalue weighted by Gasteiger charge is 2.16. The Morgan fingerprint density at radius 3 is 1.57 bits per heavy atom. The molecule has 0 spiro atoms. The van der Waals surface area contributed by atoms with Crippen molar-refractivity contribution in [3.05, 3.63) is 29.8 Å². The molecule has 1 aromatic rings. The van der Waals surface area contributed by atoms with Crippen molar-refractivity contribution < 1.29 is 0 Å². The molecule has 0 amide bonds. The van der Waals surface area contributed by atoms with Crippen LogP contribution in [0.15, 0.2) is 24.3 Å². The molecule has 1 nitrogen and oxygen atoms in total. The molecule has 0 fully saturated rings. The van der Waals surface area contributed by atoms with Crippen LogP contribution in [0.3, 0.4) is 0 Å². The van der Waals surface area contributed by atoms with E-state index in [-0.39, 0.29) is 5.41 Å². The third-order valence-electron chi connectivity index (χ3n) is 2.51. The molecule has 0 saturated heterocycles. The maximum absolute atomic E-state index is 2.24. The lowest BCUT2D eigenvalue weighted by atomic mass is 9.87. The lowest BCUT2D eigenvalue weighted by Gasteiger charge is -2.25. The van der Waals surface area contributed by atoms with Crippen molar-refractivity contribution in [2.75, 3.05) is 21.1 Å². The van der Waals surface area contributed by atoms with Crippen LogP contribution in [0.1, 0.15) is 26.3 Å². The Labute approximate surface area is 88.0 Å². The van der Waals surface area contributed by atoms with Crippen molar-refractivity contribution in [1.29, 1.82) is 0 Å². The predicted molar refractivity (Wildman–Crippen MR) is 64.7 cm³/mol. The summed E-state index contributed by atoms with van der Waals surface area (Å²) in [6.45, 7) is 6.73. The van der Waals surface area contributed by atoms with Gasteiger partial charge in [-0.2, -0.15) is 0 Å². The zero-order chi connectivity index (χ0) is 11.0. The summed E-state index contributed by atoms with van der Waals surface area (Å²) in [5, 5.41) is 0. The molecule has 0 N–H and O–H groups in total. The molecule has 78 valence electrons. The Balaban J connectivity index is 3.02. The fourth-order valence-corrected chi connectivity index (χ4v) is 1.41. The Bertz CT molecular complexity index is 262. The number of nitrogens with zero attached hydrogens (tertiary/aromatic N) is 1. The van der Waals surface area contributed by atoms with Gasteiger partial charge in [0, 0.05) is 0 Å². The SMILES string of the molecule is CC(C)(C)c1ccc([N+](C)(C)C)cc1. The van der Waals surface area contributed by atoms with Gasteiger partial charge in [0.25, 0.3) is 0 Å². The van der Waals surface area contributed by atoms with Gasteiger partial charge in [-0.25, -0.2) is 0 Å². The van der Waals surface area contributed by atoms with E-state index in [1.807, 2.05) is 0 Å². The zero-order valence-corrected chi connectivity index (χ0v) is 10.3. The second kappa shape index (κ2) is 3.39. The van der Waals surface area contributed by atoms with Crippen LogP contribution in [0.5, 0.6) is 0 Å². The van der Waals surface area contributed by atoms with E-state index < -0.39 is 0 Å². The maximum atomic E-state index is 2.24. The minimum absolute atomic E-state index is 0.253. The molecule has 0 heterocycles. The minimum Gasteiger partial charge on any atom is -0.298 e. The summed E-state index contributed by atoms with van der Waals surface area (Å²) in [5.41, 5.74) is 3.00. The molecule has 0 saturated carbocycles. The second-order valence-electron chi connectivity index (χ2n) is 5.81. The lowest BCUT2D eigenvalue weighted by molar-refractivity contribution is 0.485. The summed E-state index contributed by atoms with van der Waals surface area (Å²) in [6, 6.07) is 8.92. The summed E-state index contributed by atoms with van der Waals surface area (Å²) < 4.78 is 0.879. The quantitative estimate of drug-likeness (QED) is 0.599. The van der Waals surface area contributed by atoms with E-state index in [1.54, 1.807) is 0 Å². The Hall–Kier alpha value is -0.820. The van der Waals surface area contributed by atoms with E-state index in [0.29, 0.717) is 0 Å². The van der Waals surface area contributed by atoms with E-state index in [0.717, 1.165) is 4.48 Å². The topological polar surface area (TPSA) is 0 Å². The van der Waals surface area contributed by atoms with Gasteiger partial charge in [-0.1, -0.05) is 32.9 Å². The molecule has 0 unspecified atom stereocenters. The van der Waals surface area contributed by atoms with Crippen LogP contribution in [0.25, 0.3) is 0 Å². The summed E-state index contributed by atoms with van der Waals surface area (Å²) in [4.78, 5) is 0. The number of quaternary nitrogens is 1. The molecule has 14 heavy (non-hydrogen) atoms. The number of hydrogen-bond donors (Lipinski definition) is 0. The zero-order valence-electron chi connectivity index (χ0n) is 10.3. The van der Waals surface area contributed by atoms with Crippen LogP contribution >= 0.6 is 0 Å². The Morgan fingerprint density at radius 1 is 0.857 bits per heavy atom. The van der Waals surface area contributed by atoms with Crippen molar-refractivity contribution in [2.45, 2.75) is 26.2 Å². The largest absolute Gasteiger partial charge is 0.298 e. The normalized spacial score (nSPS) is 13.0. The van der Waals surface area contributed by atoms with Crippen molar-refractivity contribution in [2.24, 2.45) is 0 Å². The van der Waals surface area contributed by atoms with Gasteiger partial charge in [-0.3, -0.25) is 4.48 Å². The van der Waals surface area contributed by atoms with Gasteiger partial charge in [0.15, 0.2) is 0 Å². The molecular weight excluding hydrogens is 170 g/mol. The van der Waals surface area contributed by atoms with E-state index in [4.69, 9.17) is 0 Å². The summed E-state index contributed by atoms with van der Waals surface area (Å²) in [6.07, 6.45) is 0. The molecule has 0 radical (unpaired) electrons. The van der Waals surface area contributed by atoms with E-state index in [2.05, 4.69) is 66.2 Å². The second-order valence-corrected chi connectivity index (χ2v) is 5.81. The van der Waals surface area contributed by atoms with Crippen molar-refractivity contribution in [3.8, 4) is 0 Å². The van der Waals surface area contributed by atoms with Crippen LogP contribution in [0.2, 0.25) is 0 Å². The Kier molecular flexibility index (Phi) is 2.73. The highest BCUT2D eigenvalue weighted by Crippen LogP contribution is 2.25. The summed E-state index contributed by atoms with van der Waals surface area (Å²) in [5.74, 6) is 0. The van der Waals surface area contributed by atoms with E-state index in [1.165, 1.54) is 11.3 Å². The fourth-order valence-electron chi connectivity index (χ4n) is 1.41. The van der Waals surface area contributed by atoms with Gasteiger partial charge >= 0.3 is 0 Å². The Morgan fingerprint density at radius 2 is 1.29 bits per heavy atom. The third kappa shape index (κ3) is 2.58. The third-order valence-corrected chi connectivity index (χ3v) is 2.51. The van der Waals surface area contributed by atoms with Crippen molar-refractivity contribution in [3.63, 3.8) is 0 Å². The average molecular weight is 192 g/mol. The first-order valence-electron chi connectivity index (χ1n) is 5.14. The molecule has 0 atom stereocenters. The predicted octanol–water partition coefficient (Wildman–Crippen LogP) is 3.18. The highest BCUT2D eigenvalue weighted by molar-refractivity contribution is 5.44. The first-order valence-corrected chi connectivity index (χ1v) is 5.14. The molecule has 1 rings (SSSR count). The molecular formula is C13H22N+. The molecule has 0 aromatic heterocycles. The molecule has 1 heteroatoms. The number of hydrogen-bond acceptors (Lipinski definition) is 0. The van der Waals surface area contributed by atoms with Gasteiger partial charge < -0.3 is 0 Å². The van der Waals surface area contributed by atoms with E-state index in [9.17, 15) is 0 Å². The maximum Gasteiger partial charge on any atom is 0.132 e. The summed E-state index contributed by atoms with van der Waals surface area (Å²) in [7, 11) is 6.56. The van der Waals surface area contributed by atoms with Crippen LogP contribution in [0, 0.1) is 0 Å².